The van der Waals surface area contributed by atoms with Gasteiger partial charge in [0.15, 0.2) is 5.96 Å². The first-order chi connectivity index (χ1) is 8.74. The molecule has 4 N–H and O–H groups in total. The average Bonchev–Trinajstić information content (AvgIpc) is 3.08. The van der Waals surface area contributed by atoms with Crippen LogP contribution in [-0.2, 0) is 4.74 Å². The highest BCUT2D eigenvalue weighted by atomic mass is 127. The first kappa shape index (κ1) is 17.0. The summed E-state index contributed by atoms with van der Waals surface area (Å²) in [6, 6.07) is 0. The van der Waals surface area contributed by atoms with Crippen LogP contribution in [0.4, 0.5) is 0 Å². The van der Waals surface area contributed by atoms with Crippen molar-refractivity contribution < 1.29 is 9.84 Å². The number of guanidine groups is 1. The number of aliphatic imine (C=N–C) groups is 1. The summed E-state index contributed by atoms with van der Waals surface area (Å²) in [7, 11) is 0. The third-order valence-corrected chi connectivity index (χ3v) is 3.63. The lowest BCUT2D eigenvalue weighted by Gasteiger charge is -2.25. The van der Waals surface area contributed by atoms with Crippen molar-refractivity contribution in [3.05, 3.63) is 0 Å². The molecule has 0 aromatic rings. The summed E-state index contributed by atoms with van der Waals surface area (Å²) < 4.78 is 5.40. The van der Waals surface area contributed by atoms with Gasteiger partial charge in [0, 0.05) is 13.2 Å². The molecule has 5 nitrogen and oxygen atoms in total. The molecule has 0 amide bonds. The van der Waals surface area contributed by atoms with Crippen LogP contribution in [0.2, 0.25) is 0 Å². The fraction of sp³-hybridized carbons (Fsp3) is 0.923. The molecule has 0 aliphatic heterocycles. The van der Waals surface area contributed by atoms with Crippen LogP contribution in [0, 0.1) is 11.8 Å². The van der Waals surface area contributed by atoms with E-state index in [0.29, 0.717) is 19.1 Å². The maximum absolute atomic E-state index is 9.65. The Bertz CT molecular complexity index is 281. The van der Waals surface area contributed by atoms with Crippen molar-refractivity contribution in [2.75, 3.05) is 26.3 Å². The Labute approximate surface area is 132 Å². The average molecular weight is 383 g/mol. The van der Waals surface area contributed by atoms with Crippen LogP contribution in [0.3, 0.4) is 0 Å². The molecule has 2 fully saturated rings. The first-order valence-electron chi connectivity index (χ1n) is 7.03. The van der Waals surface area contributed by atoms with Gasteiger partial charge in [-0.1, -0.05) is 6.42 Å². The van der Waals surface area contributed by atoms with E-state index < -0.39 is 6.10 Å². The smallest absolute Gasteiger partial charge is 0.188 e. The lowest BCUT2D eigenvalue weighted by Crippen LogP contribution is -2.38. The minimum atomic E-state index is -0.548. The van der Waals surface area contributed by atoms with Gasteiger partial charge in [-0.3, -0.25) is 4.99 Å². The molecule has 0 spiro atoms. The van der Waals surface area contributed by atoms with E-state index >= 15 is 0 Å². The summed E-state index contributed by atoms with van der Waals surface area (Å²) in [5, 5.41) is 12.8. The van der Waals surface area contributed by atoms with E-state index in [9.17, 15) is 5.11 Å². The van der Waals surface area contributed by atoms with Crippen molar-refractivity contribution in [3.63, 3.8) is 0 Å². The second kappa shape index (κ2) is 8.97. The molecule has 0 saturated heterocycles. The van der Waals surface area contributed by atoms with Crippen molar-refractivity contribution >= 4 is 29.9 Å². The molecule has 0 aromatic carbocycles. The van der Waals surface area contributed by atoms with Gasteiger partial charge in [0.05, 0.1) is 19.3 Å². The summed E-state index contributed by atoms with van der Waals surface area (Å²) >= 11 is 0. The number of rotatable bonds is 8. The SMILES string of the molecule is I.NC(=NCC(O)COCC1CC1)NCC1CCC1. The lowest BCUT2D eigenvalue weighted by atomic mass is 9.85. The number of nitrogens with one attached hydrogen (secondary N) is 1. The van der Waals surface area contributed by atoms with Crippen molar-refractivity contribution in [1.29, 1.82) is 0 Å². The summed E-state index contributed by atoms with van der Waals surface area (Å²) in [6.07, 6.45) is 5.90. The zero-order valence-corrected chi connectivity index (χ0v) is 13.7. The van der Waals surface area contributed by atoms with Crippen LogP contribution >= 0.6 is 24.0 Å². The van der Waals surface area contributed by atoms with Gasteiger partial charge in [0.2, 0.25) is 0 Å². The third-order valence-electron chi connectivity index (χ3n) is 3.63. The topological polar surface area (TPSA) is 79.9 Å². The quantitative estimate of drug-likeness (QED) is 0.333. The molecule has 19 heavy (non-hydrogen) atoms. The van der Waals surface area contributed by atoms with E-state index in [1.807, 2.05) is 0 Å². The van der Waals surface area contributed by atoms with Crippen LogP contribution in [0.25, 0.3) is 0 Å². The molecule has 6 heteroatoms. The van der Waals surface area contributed by atoms with Crippen molar-refractivity contribution in [2.24, 2.45) is 22.6 Å². The molecule has 0 aromatic heterocycles. The van der Waals surface area contributed by atoms with E-state index in [-0.39, 0.29) is 24.0 Å². The molecule has 112 valence electrons. The fourth-order valence-corrected chi connectivity index (χ4v) is 1.91. The molecule has 2 rings (SSSR count). The summed E-state index contributed by atoms with van der Waals surface area (Å²) in [4.78, 5) is 4.12. The molecule has 2 saturated carbocycles. The zero-order valence-electron chi connectivity index (χ0n) is 11.4. The Balaban J connectivity index is 0.00000180. The van der Waals surface area contributed by atoms with Crippen LogP contribution in [0.5, 0.6) is 0 Å². The van der Waals surface area contributed by atoms with Gasteiger partial charge < -0.3 is 20.9 Å². The predicted octanol–water partition coefficient (Wildman–Crippen LogP) is 1.10. The first-order valence-corrected chi connectivity index (χ1v) is 7.03. The number of hydrogen-bond donors (Lipinski definition) is 3. The van der Waals surface area contributed by atoms with E-state index in [4.69, 9.17) is 10.5 Å². The van der Waals surface area contributed by atoms with E-state index in [2.05, 4.69) is 10.3 Å². The summed E-state index contributed by atoms with van der Waals surface area (Å²) in [5.41, 5.74) is 5.72. The second-order valence-electron chi connectivity index (χ2n) is 5.54. The van der Waals surface area contributed by atoms with E-state index in [1.165, 1.54) is 32.1 Å². The second-order valence-corrected chi connectivity index (χ2v) is 5.54. The Hall–Kier alpha value is -0.0800. The molecule has 2 aliphatic carbocycles. The van der Waals surface area contributed by atoms with Gasteiger partial charge in [-0.25, -0.2) is 0 Å². The Morgan fingerprint density at radius 3 is 2.63 bits per heavy atom. The zero-order chi connectivity index (χ0) is 12.8. The molecule has 0 radical (unpaired) electrons. The number of hydrogen-bond acceptors (Lipinski definition) is 3. The maximum Gasteiger partial charge on any atom is 0.188 e. The molecular weight excluding hydrogens is 357 g/mol. The molecule has 0 bridgehead atoms. The molecule has 2 aliphatic rings. The van der Waals surface area contributed by atoms with Crippen molar-refractivity contribution in [2.45, 2.75) is 38.2 Å². The van der Waals surface area contributed by atoms with Crippen LogP contribution < -0.4 is 11.1 Å². The Kier molecular flexibility index (Phi) is 8.01. The van der Waals surface area contributed by atoms with Gasteiger partial charge in [0.1, 0.15) is 0 Å². The van der Waals surface area contributed by atoms with Gasteiger partial charge in [-0.05, 0) is 37.5 Å². The number of ether oxygens (including phenoxy) is 1. The number of halogens is 1. The maximum atomic E-state index is 9.65. The standard InChI is InChI=1S/C13H25N3O2.HI/c14-13(15-6-10-2-1-3-10)16-7-12(17)9-18-8-11-4-5-11;/h10-12,17H,1-9H2,(H3,14,15,16);1H. The monoisotopic (exact) mass is 383 g/mol. The fourth-order valence-electron chi connectivity index (χ4n) is 1.91. The largest absolute Gasteiger partial charge is 0.389 e. The van der Waals surface area contributed by atoms with E-state index in [0.717, 1.165) is 25.0 Å². The number of aliphatic hydroxyl groups excluding tert-OH is 1. The van der Waals surface area contributed by atoms with Crippen LogP contribution in [-0.4, -0.2) is 43.5 Å². The normalized spacial score (nSPS) is 21.4. The highest BCUT2D eigenvalue weighted by Crippen LogP contribution is 2.28. The van der Waals surface area contributed by atoms with Gasteiger partial charge in [0.25, 0.3) is 0 Å². The summed E-state index contributed by atoms with van der Waals surface area (Å²) in [5.74, 6) is 1.92. The number of aliphatic hydroxyl groups is 1. The Morgan fingerprint density at radius 1 is 1.32 bits per heavy atom. The van der Waals surface area contributed by atoms with Crippen molar-refractivity contribution in [1.82, 2.24) is 5.32 Å². The number of nitrogens with zero attached hydrogens (tertiary/aromatic N) is 1. The molecule has 1 unspecified atom stereocenters. The van der Waals surface area contributed by atoms with E-state index in [1.54, 1.807) is 0 Å². The Morgan fingerprint density at radius 2 is 2.05 bits per heavy atom. The van der Waals surface area contributed by atoms with Crippen molar-refractivity contribution in [3.8, 4) is 0 Å². The van der Waals surface area contributed by atoms with Crippen LogP contribution in [0.15, 0.2) is 4.99 Å². The molecule has 1 atom stereocenters. The molecule has 0 heterocycles. The van der Waals surface area contributed by atoms with Gasteiger partial charge >= 0.3 is 0 Å². The van der Waals surface area contributed by atoms with Gasteiger partial charge in [-0.2, -0.15) is 0 Å². The minimum absolute atomic E-state index is 0. The number of nitrogens with two attached hydrogens (primary N) is 1. The summed E-state index contributed by atoms with van der Waals surface area (Å²) in [6.45, 7) is 2.35. The lowest BCUT2D eigenvalue weighted by molar-refractivity contribution is 0.0368. The third kappa shape index (κ3) is 7.31. The van der Waals surface area contributed by atoms with Crippen LogP contribution in [0.1, 0.15) is 32.1 Å². The molecular formula is C13H26IN3O2. The predicted molar refractivity (Wildman–Crippen MR) is 86.8 cm³/mol. The minimum Gasteiger partial charge on any atom is -0.389 e. The highest BCUT2D eigenvalue weighted by Gasteiger charge is 2.21. The highest BCUT2D eigenvalue weighted by molar-refractivity contribution is 14.0. The van der Waals surface area contributed by atoms with Gasteiger partial charge in [-0.15, -0.1) is 24.0 Å².